The van der Waals surface area contributed by atoms with Crippen molar-refractivity contribution in [1.82, 2.24) is 0 Å². The maximum Gasteiger partial charge on any atom is 0.200 e. The van der Waals surface area contributed by atoms with Gasteiger partial charge in [-0.1, -0.05) is 22.0 Å². The molecule has 0 atom stereocenters. The van der Waals surface area contributed by atoms with Crippen molar-refractivity contribution in [3.8, 4) is 5.75 Å². The number of carbonyl (C=O) groups excluding carboxylic acids is 1. The van der Waals surface area contributed by atoms with E-state index in [9.17, 15) is 9.18 Å². The van der Waals surface area contributed by atoms with E-state index in [4.69, 9.17) is 4.74 Å². The Morgan fingerprint density at radius 3 is 2.56 bits per heavy atom. The van der Waals surface area contributed by atoms with Gasteiger partial charge in [0, 0.05) is 10.0 Å². The summed E-state index contributed by atoms with van der Waals surface area (Å²) in [5, 5.41) is 0. The lowest BCUT2D eigenvalue weighted by Gasteiger charge is -2.05. The summed E-state index contributed by atoms with van der Waals surface area (Å²) in [6.07, 6.45) is 0. The SMILES string of the molecule is O=C(COc1cccc(Br)c1)c1ccc(F)cc1. The fraction of sp³-hybridized carbons (Fsp3) is 0.0714. The van der Waals surface area contributed by atoms with E-state index in [1.165, 1.54) is 24.3 Å². The molecule has 0 aliphatic carbocycles. The standard InChI is InChI=1S/C14H10BrFO2/c15-11-2-1-3-13(8-11)18-9-14(17)10-4-6-12(16)7-5-10/h1-8H,9H2. The zero-order chi connectivity index (χ0) is 13.0. The summed E-state index contributed by atoms with van der Waals surface area (Å²) in [7, 11) is 0. The largest absolute Gasteiger partial charge is 0.485 e. The molecule has 0 saturated heterocycles. The molecule has 4 heteroatoms. The number of ketones is 1. The van der Waals surface area contributed by atoms with E-state index < -0.39 is 0 Å². The van der Waals surface area contributed by atoms with E-state index in [1.807, 2.05) is 12.1 Å². The molecule has 92 valence electrons. The second-order valence-corrected chi connectivity index (χ2v) is 4.59. The Kier molecular flexibility index (Phi) is 4.10. The molecule has 2 rings (SSSR count). The molecule has 0 saturated carbocycles. The number of Topliss-reactive ketones (excluding diaryl/α,β-unsaturated/α-hetero) is 1. The minimum absolute atomic E-state index is 0.0674. The van der Waals surface area contributed by atoms with Crippen molar-refractivity contribution >= 4 is 21.7 Å². The molecular weight excluding hydrogens is 299 g/mol. The first-order valence-electron chi connectivity index (χ1n) is 5.32. The van der Waals surface area contributed by atoms with Crippen LogP contribution < -0.4 is 4.74 Å². The van der Waals surface area contributed by atoms with Crippen LogP contribution in [0.2, 0.25) is 0 Å². The number of ether oxygens (including phenoxy) is 1. The fourth-order valence-electron chi connectivity index (χ4n) is 1.42. The summed E-state index contributed by atoms with van der Waals surface area (Å²) in [5.74, 6) is 0.0641. The van der Waals surface area contributed by atoms with Crippen molar-refractivity contribution in [3.63, 3.8) is 0 Å². The molecular formula is C14H10BrFO2. The van der Waals surface area contributed by atoms with E-state index in [1.54, 1.807) is 12.1 Å². The molecule has 2 aromatic rings. The number of benzene rings is 2. The first-order chi connectivity index (χ1) is 8.65. The summed E-state index contributed by atoms with van der Waals surface area (Å²) >= 11 is 3.32. The van der Waals surface area contributed by atoms with E-state index >= 15 is 0 Å². The Balaban J connectivity index is 1.98. The van der Waals surface area contributed by atoms with Crippen LogP contribution in [0.15, 0.2) is 53.0 Å². The highest BCUT2D eigenvalue weighted by Crippen LogP contribution is 2.18. The molecule has 0 radical (unpaired) electrons. The van der Waals surface area contributed by atoms with Gasteiger partial charge in [0.2, 0.25) is 0 Å². The molecule has 0 unspecified atom stereocenters. The summed E-state index contributed by atoms with van der Waals surface area (Å²) in [6, 6.07) is 12.6. The summed E-state index contributed by atoms with van der Waals surface area (Å²) in [5.41, 5.74) is 0.436. The number of carbonyl (C=O) groups is 1. The smallest absolute Gasteiger partial charge is 0.200 e. The molecule has 0 bridgehead atoms. The molecule has 0 heterocycles. The van der Waals surface area contributed by atoms with Gasteiger partial charge in [0.1, 0.15) is 11.6 Å². The molecule has 0 aliphatic heterocycles. The van der Waals surface area contributed by atoms with Gasteiger partial charge < -0.3 is 4.74 Å². The average Bonchev–Trinajstić information content (AvgIpc) is 2.37. The van der Waals surface area contributed by atoms with Crippen molar-refractivity contribution in [3.05, 3.63) is 64.4 Å². The van der Waals surface area contributed by atoms with Crippen LogP contribution in [0.25, 0.3) is 0 Å². The van der Waals surface area contributed by atoms with E-state index in [0.717, 1.165) is 4.47 Å². The van der Waals surface area contributed by atoms with Crippen molar-refractivity contribution in [2.45, 2.75) is 0 Å². The van der Waals surface area contributed by atoms with E-state index in [-0.39, 0.29) is 18.2 Å². The number of hydrogen-bond acceptors (Lipinski definition) is 2. The van der Waals surface area contributed by atoms with Crippen LogP contribution in [-0.4, -0.2) is 12.4 Å². The monoisotopic (exact) mass is 308 g/mol. The summed E-state index contributed by atoms with van der Waals surface area (Å²) in [6.45, 7) is -0.0674. The maximum atomic E-state index is 12.7. The highest BCUT2D eigenvalue weighted by atomic mass is 79.9. The minimum Gasteiger partial charge on any atom is -0.485 e. The lowest BCUT2D eigenvalue weighted by atomic mass is 10.1. The average molecular weight is 309 g/mol. The molecule has 0 spiro atoms. The second kappa shape index (κ2) is 5.78. The second-order valence-electron chi connectivity index (χ2n) is 3.68. The number of hydrogen-bond donors (Lipinski definition) is 0. The summed E-state index contributed by atoms with van der Waals surface area (Å²) < 4.78 is 18.9. The highest BCUT2D eigenvalue weighted by Gasteiger charge is 2.07. The Bertz CT molecular complexity index is 552. The van der Waals surface area contributed by atoms with Crippen LogP contribution in [0.1, 0.15) is 10.4 Å². The Morgan fingerprint density at radius 2 is 1.89 bits per heavy atom. The van der Waals surface area contributed by atoms with Gasteiger partial charge in [-0.2, -0.15) is 0 Å². The third-order valence-corrected chi connectivity index (χ3v) is 2.83. The van der Waals surface area contributed by atoms with Crippen LogP contribution in [0.4, 0.5) is 4.39 Å². The third kappa shape index (κ3) is 3.40. The van der Waals surface area contributed by atoms with Gasteiger partial charge in [-0.15, -0.1) is 0 Å². The zero-order valence-electron chi connectivity index (χ0n) is 9.40. The lowest BCUT2D eigenvalue weighted by molar-refractivity contribution is 0.0921. The Labute approximate surface area is 113 Å². The van der Waals surface area contributed by atoms with Crippen LogP contribution in [0.3, 0.4) is 0 Å². The van der Waals surface area contributed by atoms with Crippen LogP contribution in [0, 0.1) is 5.82 Å². The van der Waals surface area contributed by atoms with Gasteiger partial charge in [0.05, 0.1) is 0 Å². The number of rotatable bonds is 4. The molecule has 0 aliphatic rings. The van der Waals surface area contributed by atoms with Gasteiger partial charge in [-0.05, 0) is 42.5 Å². The van der Waals surface area contributed by atoms with Crippen LogP contribution in [0.5, 0.6) is 5.75 Å². The third-order valence-electron chi connectivity index (χ3n) is 2.33. The van der Waals surface area contributed by atoms with Crippen LogP contribution >= 0.6 is 15.9 Å². The van der Waals surface area contributed by atoms with Crippen molar-refractivity contribution in [2.75, 3.05) is 6.61 Å². The first kappa shape index (κ1) is 12.8. The maximum absolute atomic E-state index is 12.7. The van der Waals surface area contributed by atoms with E-state index in [2.05, 4.69) is 15.9 Å². The predicted molar refractivity (Wildman–Crippen MR) is 70.4 cm³/mol. The predicted octanol–water partition coefficient (Wildman–Crippen LogP) is 3.85. The highest BCUT2D eigenvalue weighted by molar-refractivity contribution is 9.10. The molecule has 0 aromatic heterocycles. The van der Waals surface area contributed by atoms with Crippen molar-refractivity contribution < 1.29 is 13.9 Å². The topological polar surface area (TPSA) is 26.3 Å². The minimum atomic E-state index is -0.362. The first-order valence-corrected chi connectivity index (χ1v) is 6.11. The quantitative estimate of drug-likeness (QED) is 0.802. The molecule has 18 heavy (non-hydrogen) atoms. The molecule has 0 N–H and O–H groups in total. The van der Waals surface area contributed by atoms with Gasteiger partial charge >= 0.3 is 0 Å². The molecule has 0 fully saturated rings. The van der Waals surface area contributed by atoms with Crippen molar-refractivity contribution in [1.29, 1.82) is 0 Å². The zero-order valence-corrected chi connectivity index (χ0v) is 11.0. The summed E-state index contributed by atoms with van der Waals surface area (Å²) in [4.78, 5) is 11.8. The molecule has 0 amide bonds. The molecule has 2 aromatic carbocycles. The molecule has 2 nitrogen and oxygen atoms in total. The number of halogens is 2. The normalized spacial score (nSPS) is 10.1. The Morgan fingerprint density at radius 1 is 1.17 bits per heavy atom. The Hall–Kier alpha value is -1.68. The van der Waals surface area contributed by atoms with Gasteiger partial charge in [-0.3, -0.25) is 4.79 Å². The van der Waals surface area contributed by atoms with Crippen molar-refractivity contribution in [2.24, 2.45) is 0 Å². The van der Waals surface area contributed by atoms with Gasteiger partial charge in [0.15, 0.2) is 12.4 Å². The van der Waals surface area contributed by atoms with Gasteiger partial charge in [0.25, 0.3) is 0 Å². The van der Waals surface area contributed by atoms with Crippen LogP contribution in [-0.2, 0) is 0 Å². The van der Waals surface area contributed by atoms with E-state index in [0.29, 0.717) is 11.3 Å². The lowest BCUT2D eigenvalue weighted by Crippen LogP contribution is -2.11. The fourth-order valence-corrected chi connectivity index (χ4v) is 1.80. The van der Waals surface area contributed by atoms with Gasteiger partial charge in [-0.25, -0.2) is 4.39 Å².